The second-order valence-electron chi connectivity index (χ2n) is 4.08. The van der Waals surface area contributed by atoms with Crippen molar-refractivity contribution in [3.05, 3.63) is 54.0 Å². The Morgan fingerprint density at radius 2 is 2.00 bits per heavy atom. The fourth-order valence-electron chi connectivity index (χ4n) is 1.69. The molecule has 19 heavy (non-hydrogen) atoms. The Bertz CT molecular complexity index is 621. The van der Waals surface area contributed by atoms with E-state index in [0.29, 0.717) is 12.3 Å². The van der Waals surface area contributed by atoms with Gasteiger partial charge in [0.1, 0.15) is 5.76 Å². The first-order chi connectivity index (χ1) is 9.12. The van der Waals surface area contributed by atoms with Crippen LogP contribution in [0.4, 0.5) is 0 Å². The summed E-state index contributed by atoms with van der Waals surface area (Å²) in [6.45, 7) is 0.771. The molecule has 2 N–H and O–H groups in total. The summed E-state index contributed by atoms with van der Waals surface area (Å²) >= 11 is 0. The molecule has 0 aliphatic heterocycles. The van der Waals surface area contributed by atoms with Crippen LogP contribution in [-0.4, -0.2) is 15.5 Å². The molecule has 6 heteroatoms. The molecular formula is C13H16N2O3S. The third-order valence-electron chi connectivity index (χ3n) is 2.61. The fraction of sp³-hybridized carbons (Fsp3) is 0.231. The molecule has 2 aromatic rings. The van der Waals surface area contributed by atoms with E-state index < -0.39 is 10.0 Å². The van der Waals surface area contributed by atoms with Crippen molar-refractivity contribution in [3.63, 3.8) is 0 Å². The van der Waals surface area contributed by atoms with E-state index in [2.05, 4.69) is 10.0 Å². The van der Waals surface area contributed by atoms with Gasteiger partial charge in [-0.05, 0) is 36.9 Å². The molecule has 0 atom stereocenters. The van der Waals surface area contributed by atoms with E-state index >= 15 is 0 Å². The van der Waals surface area contributed by atoms with Gasteiger partial charge in [0, 0.05) is 6.54 Å². The van der Waals surface area contributed by atoms with E-state index in [1.807, 2.05) is 13.1 Å². The van der Waals surface area contributed by atoms with Gasteiger partial charge < -0.3 is 9.73 Å². The van der Waals surface area contributed by atoms with Crippen molar-refractivity contribution in [2.75, 3.05) is 7.05 Å². The van der Waals surface area contributed by atoms with Gasteiger partial charge in [-0.2, -0.15) is 0 Å². The lowest BCUT2D eigenvalue weighted by molar-refractivity contribution is 0.498. The minimum absolute atomic E-state index is 0.144. The molecule has 0 aliphatic rings. The van der Waals surface area contributed by atoms with Gasteiger partial charge in [-0.1, -0.05) is 12.1 Å². The molecular weight excluding hydrogens is 264 g/mol. The number of nitrogens with one attached hydrogen (secondary N) is 2. The highest BCUT2D eigenvalue weighted by Gasteiger charge is 2.14. The molecule has 5 nitrogen and oxygen atoms in total. The van der Waals surface area contributed by atoms with Gasteiger partial charge in [0.05, 0.1) is 17.7 Å². The summed E-state index contributed by atoms with van der Waals surface area (Å²) in [7, 11) is -1.70. The van der Waals surface area contributed by atoms with Crippen molar-refractivity contribution in [2.24, 2.45) is 0 Å². The number of rotatable bonds is 6. The zero-order valence-corrected chi connectivity index (χ0v) is 11.4. The Balaban J connectivity index is 2.12. The smallest absolute Gasteiger partial charge is 0.240 e. The molecule has 2 rings (SSSR count). The summed E-state index contributed by atoms with van der Waals surface area (Å²) in [6.07, 6.45) is 1.51. The predicted molar refractivity (Wildman–Crippen MR) is 71.9 cm³/mol. The summed E-state index contributed by atoms with van der Waals surface area (Å²) in [5.41, 5.74) is 0.920. The van der Waals surface area contributed by atoms with Crippen LogP contribution in [0.1, 0.15) is 11.3 Å². The van der Waals surface area contributed by atoms with Gasteiger partial charge in [0.2, 0.25) is 10.0 Å². The summed E-state index contributed by atoms with van der Waals surface area (Å²) in [6, 6.07) is 10.3. The standard InChI is InChI=1S/C13H16N2O3S/c1-14-9-11-4-2-6-13(8-11)19(16,17)15-10-12-5-3-7-18-12/h2-8,14-15H,9-10H2,1H3. The first kappa shape index (κ1) is 13.8. The quantitative estimate of drug-likeness (QED) is 0.840. The van der Waals surface area contributed by atoms with Crippen molar-refractivity contribution in [1.29, 1.82) is 0 Å². The van der Waals surface area contributed by atoms with Crippen LogP contribution in [0.15, 0.2) is 52.0 Å². The summed E-state index contributed by atoms with van der Waals surface area (Å²) in [5, 5.41) is 2.99. The monoisotopic (exact) mass is 280 g/mol. The number of hydrogen-bond acceptors (Lipinski definition) is 4. The van der Waals surface area contributed by atoms with Gasteiger partial charge in [-0.3, -0.25) is 0 Å². The Hall–Kier alpha value is -1.63. The first-order valence-electron chi connectivity index (χ1n) is 5.87. The molecule has 0 radical (unpaired) electrons. The van der Waals surface area contributed by atoms with Gasteiger partial charge in [-0.15, -0.1) is 0 Å². The first-order valence-corrected chi connectivity index (χ1v) is 7.36. The average Bonchev–Trinajstić information content (AvgIpc) is 2.90. The predicted octanol–water partition coefficient (Wildman–Crippen LogP) is 1.48. The van der Waals surface area contributed by atoms with Gasteiger partial charge in [0.15, 0.2) is 0 Å². The van der Waals surface area contributed by atoms with Gasteiger partial charge >= 0.3 is 0 Å². The minimum Gasteiger partial charge on any atom is -0.468 e. The zero-order valence-electron chi connectivity index (χ0n) is 10.6. The molecule has 0 saturated heterocycles. The van der Waals surface area contributed by atoms with E-state index in [9.17, 15) is 8.42 Å². The molecule has 102 valence electrons. The second-order valence-corrected chi connectivity index (χ2v) is 5.85. The highest BCUT2D eigenvalue weighted by molar-refractivity contribution is 7.89. The maximum absolute atomic E-state index is 12.1. The summed E-state index contributed by atoms with van der Waals surface area (Å²) in [4.78, 5) is 0.256. The van der Waals surface area contributed by atoms with Crippen molar-refractivity contribution in [3.8, 4) is 0 Å². The third kappa shape index (κ3) is 3.66. The van der Waals surface area contributed by atoms with Gasteiger partial charge in [0.25, 0.3) is 0 Å². The van der Waals surface area contributed by atoms with Crippen LogP contribution in [0.2, 0.25) is 0 Å². The van der Waals surface area contributed by atoms with Gasteiger partial charge in [-0.25, -0.2) is 13.1 Å². The third-order valence-corrected chi connectivity index (χ3v) is 4.01. The Labute approximate surface area is 112 Å². The lowest BCUT2D eigenvalue weighted by Crippen LogP contribution is -2.23. The molecule has 0 fully saturated rings. The van der Waals surface area contributed by atoms with Crippen molar-refractivity contribution in [1.82, 2.24) is 10.0 Å². The zero-order chi connectivity index (χ0) is 13.7. The maximum atomic E-state index is 12.1. The number of sulfonamides is 1. The molecule has 1 aromatic heterocycles. The SMILES string of the molecule is CNCc1cccc(S(=O)(=O)NCc2ccco2)c1. The number of benzene rings is 1. The van der Waals surface area contributed by atoms with E-state index in [0.717, 1.165) is 5.56 Å². The number of hydrogen-bond donors (Lipinski definition) is 2. The van der Waals surface area contributed by atoms with E-state index in [1.165, 1.54) is 6.26 Å². The van der Waals surface area contributed by atoms with E-state index in [-0.39, 0.29) is 11.4 Å². The summed E-state index contributed by atoms with van der Waals surface area (Å²) in [5.74, 6) is 0.579. The molecule has 0 bridgehead atoms. The lowest BCUT2D eigenvalue weighted by Gasteiger charge is -2.07. The number of furan rings is 1. The molecule has 0 unspecified atom stereocenters. The molecule has 0 spiro atoms. The molecule has 1 heterocycles. The highest BCUT2D eigenvalue weighted by Crippen LogP contribution is 2.12. The van der Waals surface area contributed by atoms with Crippen LogP contribution in [0.3, 0.4) is 0 Å². The average molecular weight is 280 g/mol. The molecule has 0 aliphatic carbocycles. The second kappa shape index (κ2) is 6.01. The van der Waals surface area contributed by atoms with Crippen molar-refractivity contribution >= 4 is 10.0 Å². The Kier molecular flexibility index (Phi) is 4.36. The molecule has 0 amide bonds. The Morgan fingerprint density at radius 3 is 2.68 bits per heavy atom. The molecule has 1 aromatic carbocycles. The van der Waals surface area contributed by atoms with E-state index in [1.54, 1.807) is 30.3 Å². The van der Waals surface area contributed by atoms with Crippen LogP contribution in [0, 0.1) is 0 Å². The van der Waals surface area contributed by atoms with E-state index in [4.69, 9.17) is 4.42 Å². The van der Waals surface area contributed by atoms with Crippen LogP contribution in [0.5, 0.6) is 0 Å². The van der Waals surface area contributed by atoms with Crippen molar-refractivity contribution < 1.29 is 12.8 Å². The minimum atomic E-state index is -3.51. The van der Waals surface area contributed by atoms with Crippen molar-refractivity contribution in [2.45, 2.75) is 18.0 Å². The fourth-order valence-corrected chi connectivity index (χ4v) is 2.75. The topological polar surface area (TPSA) is 71.3 Å². The highest BCUT2D eigenvalue weighted by atomic mass is 32.2. The van der Waals surface area contributed by atoms with Crippen LogP contribution < -0.4 is 10.0 Å². The van der Waals surface area contributed by atoms with Crippen LogP contribution >= 0.6 is 0 Å². The summed E-state index contributed by atoms with van der Waals surface area (Å²) < 4.78 is 31.8. The lowest BCUT2D eigenvalue weighted by atomic mass is 10.2. The van der Waals surface area contributed by atoms with Crippen LogP contribution in [0.25, 0.3) is 0 Å². The normalized spacial score (nSPS) is 11.6. The Morgan fingerprint density at radius 1 is 1.16 bits per heavy atom. The largest absolute Gasteiger partial charge is 0.468 e. The maximum Gasteiger partial charge on any atom is 0.240 e. The molecule has 0 saturated carbocycles. The van der Waals surface area contributed by atoms with Crippen LogP contribution in [-0.2, 0) is 23.1 Å².